The van der Waals surface area contributed by atoms with E-state index in [-0.39, 0.29) is 17.0 Å². The third kappa shape index (κ3) is 10.0. The van der Waals surface area contributed by atoms with Crippen molar-refractivity contribution in [2.24, 2.45) is 0 Å². The summed E-state index contributed by atoms with van der Waals surface area (Å²) >= 11 is 0. The van der Waals surface area contributed by atoms with Crippen LogP contribution >= 0.6 is 0 Å². The van der Waals surface area contributed by atoms with E-state index in [1.54, 1.807) is 20.8 Å². The quantitative estimate of drug-likeness (QED) is 0.128. The Morgan fingerprint density at radius 3 is 2.00 bits per heavy atom. The third-order valence-corrected chi connectivity index (χ3v) is 4.98. The molecule has 3 atom stereocenters. The number of nitro groups is 1. The molecule has 0 heterocycles. The van der Waals surface area contributed by atoms with E-state index in [1.807, 2.05) is 0 Å². The van der Waals surface area contributed by atoms with Crippen LogP contribution in [0.15, 0.2) is 48.5 Å². The highest BCUT2D eigenvalue weighted by molar-refractivity contribution is 5.97. The molecule has 40 heavy (non-hydrogen) atoms. The molecule has 2 aromatic rings. The van der Waals surface area contributed by atoms with E-state index in [1.165, 1.54) is 50.2 Å². The second-order valence-corrected chi connectivity index (χ2v) is 9.49. The number of non-ortho nitro benzene ring substituents is 1. The van der Waals surface area contributed by atoms with Gasteiger partial charge in [0.2, 0.25) is 11.8 Å². The molecule has 0 saturated carbocycles. The lowest BCUT2D eigenvalue weighted by molar-refractivity contribution is -0.384. The third-order valence-electron chi connectivity index (χ3n) is 4.98. The van der Waals surface area contributed by atoms with Gasteiger partial charge in [0.15, 0.2) is 12.4 Å². The van der Waals surface area contributed by atoms with Crippen LogP contribution in [0, 0.1) is 10.1 Å². The molecule has 1 unspecified atom stereocenters. The van der Waals surface area contributed by atoms with Gasteiger partial charge in [-0.2, -0.15) is 0 Å². The van der Waals surface area contributed by atoms with Crippen LogP contribution in [0.2, 0.25) is 0 Å². The van der Waals surface area contributed by atoms with Crippen molar-refractivity contribution in [3.05, 3.63) is 64.2 Å². The Kier molecular flexibility index (Phi) is 10.7. The van der Waals surface area contributed by atoms with E-state index in [2.05, 4.69) is 16.0 Å². The molecule has 2 aromatic carbocycles. The Balaban J connectivity index is 1.89. The van der Waals surface area contributed by atoms with Crippen LogP contribution in [-0.4, -0.2) is 53.0 Å². The first-order valence-corrected chi connectivity index (χ1v) is 12.0. The van der Waals surface area contributed by atoms with Crippen LogP contribution in [0.25, 0.3) is 0 Å². The summed E-state index contributed by atoms with van der Waals surface area (Å²) in [6, 6.07) is 8.54. The van der Waals surface area contributed by atoms with E-state index in [0.717, 1.165) is 12.1 Å². The first-order chi connectivity index (χ1) is 18.7. The SMILES string of the molecule is C[C@H](NC(=O)OC(C)(C)C)C(=O)N[C@@H](C)C(=O)Nc1ccc(C(C=O)OC(=O)Oc2ccc([N+](=O)[O-])cc2)cc1. The summed E-state index contributed by atoms with van der Waals surface area (Å²) in [4.78, 5) is 70.3. The number of alkyl carbamates (subject to hydrolysis) is 1. The van der Waals surface area contributed by atoms with Gasteiger partial charge in [-0.3, -0.25) is 24.5 Å². The Labute approximate surface area is 229 Å². The highest BCUT2D eigenvalue weighted by atomic mass is 16.7. The number of aldehydes is 1. The van der Waals surface area contributed by atoms with Crippen molar-refractivity contribution in [2.75, 3.05) is 5.32 Å². The van der Waals surface area contributed by atoms with E-state index in [0.29, 0.717) is 12.0 Å². The van der Waals surface area contributed by atoms with Crippen LogP contribution in [0.4, 0.5) is 21.0 Å². The van der Waals surface area contributed by atoms with Crippen molar-refractivity contribution in [1.29, 1.82) is 0 Å². The number of benzene rings is 2. The summed E-state index contributed by atoms with van der Waals surface area (Å²) in [5, 5.41) is 18.2. The second kappa shape index (κ2) is 13.7. The minimum absolute atomic E-state index is 0.0189. The Morgan fingerprint density at radius 2 is 1.48 bits per heavy atom. The second-order valence-electron chi connectivity index (χ2n) is 9.49. The van der Waals surface area contributed by atoms with Crippen LogP contribution in [-0.2, 0) is 23.9 Å². The fourth-order valence-electron chi connectivity index (χ4n) is 2.99. The molecule has 0 saturated heterocycles. The summed E-state index contributed by atoms with van der Waals surface area (Å²) in [7, 11) is 0. The molecule has 14 nitrogen and oxygen atoms in total. The fourth-order valence-corrected chi connectivity index (χ4v) is 2.99. The number of carbonyl (C=O) groups is 5. The largest absolute Gasteiger partial charge is 0.514 e. The highest BCUT2D eigenvalue weighted by Crippen LogP contribution is 2.21. The van der Waals surface area contributed by atoms with Crippen molar-refractivity contribution >= 4 is 41.7 Å². The Morgan fingerprint density at radius 1 is 0.900 bits per heavy atom. The van der Waals surface area contributed by atoms with Crippen LogP contribution in [0.5, 0.6) is 5.75 Å². The molecule has 3 amide bonds. The molecule has 2 rings (SSSR count). The van der Waals surface area contributed by atoms with Gasteiger partial charge in [-0.25, -0.2) is 9.59 Å². The molecule has 14 heteroatoms. The molecule has 0 aliphatic rings. The Hall–Kier alpha value is -5.01. The standard InChI is InChI=1S/C26H30N4O10/c1-15(27-22(32)16(2)28-24(34)40-26(3,4)5)23(33)29-18-8-6-17(7-9-18)21(14-31)39-25(35)38-20-12-10-19(11-13-20)30(36)37/h6-16,21H,1-5H3,(H,27,32)(H,28,34)(H,29,33)/t15-,16-,21?/m0/s1. The lowest BCUT2D eigenvalue weighted by Crippen LogP contribution is -2.51. The number of nitrogens with one attached hydrogen (secondary N) is 3. The lowest BCUT2D eigenvalue weighted by atomic mass is 10.1. The maximum atomic E-state index is 12.5. The van der Waals surface area contributed by atoms with Gasteiger partial charge in [0.05, 0.1) is 4.92 Å². The average molecular weight is 559 g/mol. The van der Waals surface area contributed by atoms with Gasteiger partial charge < -0.3 is 30.2 Å². The lowest BCUT2D eigenvalue weighted by Gasteiger charge is -2.22. The predicted octanol–water partition coefficient (Wildman–Crippen LogP) is 3.41. The van der Waals surface area contributed by atoms with Crippen molar-refractivity contribution in [2.45, 2.75) is 58.4 Å². The molecule has 214 valence electrons. The predicted molar refractivity (Wildman–Crippen MR) is 141 cm³/mol. The number of hydrogen-bond acceptors (Lipinski definition) is 10. The van der Waals surface area contributed by atoms with Gasteiger partial charge in [-0.1, -0.05) is 12.1 Å². The molecule has 0 radical (unpaired) electrons. The maximum Gasteiger partial charge on any atom is 0.514 e. The van der Waals surface area contributed by atoms with Crippen LogP contribution in [0.3, 0.4) is 0 Å². The van der Waals surface area contributed by atoms with Crippen LogP contribution in [0.1, 0.15) is 46.3 Å². The number of anilines is 1. The maximum absolute atomic E-state index is 12.5. The van der Waals surface area contributed by atoms with Gasteiger partial charge in [-0.05, 0) is 64.4 Å². The van der Waals surface area contributed by atoms with Crippen molar-refractivity contribution < 1.29 is 43.1 Å². The number of ether oxygens (including phenoxy) is 3. The molecular weight excluding hydrogens is 528 g/mol. The summed E-state index contributed by atoms with van der Waals surface area (Å²) in [6.45, 7) is 7.94. The fraction of sp³-hybridized carbons (Fsp3) is 0.346. The zero-order chi connectivity index (χ0) is 30.0. The summed E-state index contributed by atoms with van der Waals surface area (Å²) < 4.78 is 15.0. The zero-order valence-electron chi connectivity index (χ0n) is 22.5. The van der Waals surface area contributed by atoms with Crippen molar-refractivity contribution in [1.82, 2.24) is 10.6 Å². The molecule has 0 spiro atoms. The minimum Gasteiger partial charge on any atom is -0.444 e. The summed E-state index contributed by atoms with van der Waals surface area (Å²) in [5.41, 5.74) is -0.329. The number of nitrogens with zero attached hydrogens (tertiary/aromatic N) is 1. The minimum atomic E-state index is -1.33. The monoisotopic (exact) mass is 558 g/mol. The number of nitro benzene ring substituents is 1. The number of hydrogen-bond donors (Lipinski definition) is 3. The smallest absolute Gasteiger partial charge is 0.444 e. The molecular formula is C26H30N4O10. The molecule has 0 aromatic heterocycles. The van der Waals surface area contributed by atoms with E-state index >= 15 is 0 Å². The number of carbonyl (C=O) groups excluding carboxylic acids is 5. The van der Waals surface area contributed by atoms with Crippen molar-refractivity contribution in [3.63, 3.8) is 0 Å². The van der Waals surface area contributed by atoms with Crippen LogP contribution < -0.4 is 20.7 Å². The highest BCUT2D eigenvalue weighted by Gasteiger charge is 2.24. The van der Waals surface area contributed by atoms with Gasteiger partial charge in [-0.15, -0.1) is 0 Å². The molecule has 0 aliphatic heterocycles. The molecule has 0 aliphatic carbocycles. The van der Waals surface area contributed by atoms with Gasteiger partial charge in [0, 0.05) is 17.8 Å². The van der Waals surface area contributed by atoms with E-state index < -0.39 is 52.8 Å². The average Bonchev–Trinajstić information content (AvgIpc) is 2.86. The van der Waals surface area contributed by atoms with E-state index in [9.17, 15) is 34.1 Å². The Bertz CT molecular complexity index is 1240. The normalized spacial score (nSPS) is 13.0. The zero-order valence-corrected chi connectivity index (χ0v) is 22.5. The summed E-state index contributed by atoms with van der Waals surface area (Å²) in [5.74, 6) is -1.18. The molecule has 3 N–H and O–H groups in total. The molecule has 0 fully saturated rings. The van der Waals surface area contributed by atoms with E-state index in [4.69, 9.17) is 14.2 Å². The number of amides is 3. The topological polar surface area (TPSA) is 192 Å². The van der Waals surface area contributed by atoms with Gasteiger partial charge in [0.25, 0.3) is 5.69 Å². The van der Waals surface area contributed by atoms with Crippen molar-refractivity contribution in [3.8, 4) is 5.75 Å². The number of rotatable bonds is 10. The van der Waals surface area contributed by atoms with Gasteiger partial charge >= 0.3 is 12.2 Å². The first kappa shape index (κ1) is 31.2. The summed E-state index contributed by atoms with van der Waals surface area (Å²) in [6.07, 6.45) is -2.94. The molecule has 0 bridgehead atoms. The first-order valence-electron chi connectivity index (χ1n) is 12.0. The van der Waals surface area contributed by atoms with Gasteiger partial charge in [0.1, 0.15) is 23.4 Å².